The number of rotatable bonds is 5. The molecule has 23 heavy (non-hydrogen) atoms. The zero-order chi connectivity index (χ0) is 16.2. The number of aromatic nitrogens is 1. The number of anilines is 1. The lowest BCUT2D eigenvalue weighted by atomic mass is 10.2. The van der Waals surface area contributed by atoms with Crippen LogP contribution in [0, 0.1) is 6.92 Å². The summed E-state index contributed by atoms with van der Waals surface area (Å²) in [7, 11) is 0. The number of hydrogen-bond donors (Lipinski definition) is 1. The molecule has 0 bridgehead atoms. The van der Waals surface area contributed by atoms with Crippen molar-refractivity contribution in [2.75, 3.05) is 5.32 Å². The van der Waals surface area contributed by atoms with E-state index in [1.54, 1.807) is 46.9 Å². The van der Waals surface area contributed by atoms with Crippen molar-refractivity contribution in [3.8, 4) is 10.6 Å². The van der Waals surface area contributed by atoms with Crippen molar-refractivity contribution in [3.63, 3.8) is 0 Å². The number of nitrogens with zero attached hydrogens (tertiary/aromatic N) is 1. The first kappa shape index (κ1) is 16.2. The van der Waals surface area contributed by atoms with Crippen molar-refractivity contribution in [3.05, 3.63) is 56.7 Å². The standard InChI is InChI=1S/C17H15ClN2OS2/c1-11-19-17(14-3-2-10-22-14)15(23-11)8-9-16(21)20-13-6-4-12(18)5-7-13/h2-7,10H,8-9H2,1H3,(H,20,21). The van der Waals surface area contributed by atoms with Gasteiger partial charge in [-0.15, -0.1) is 22.7 Å². The van der Waals surface area contributed by atoms with Crippen LogP contribution in [0.3, 0.4) is 0 Å². The van der Waals surface area contributed by atoms with Gasteiger partial charge in [-0.2, -0.15) is 0 Å². The largest absolute Gasteiger partial charge is 0.326 e. The topological polar surface area (TPSA) is 42.0 Å². The van der Waals surface area contributed by atoms with E-state index in [2.05, 4.69) is 16.4 Å². The monoisotopic (exact) mass is 362 g/mol. The van der Waals surface area contributed by atoms with Gasteiger partial charge in [-0.25, -0.2) is 4.98 Å². The summed E-state index contributed by atoms with van der Waals surface area (Å²) in [6.45, 7) is 2.00. The van der Waals surface area contributed by atoms with Crippen molar-refractivity contribution in [1.82, 2.24) is 4.98 Å². The Bertz CT molecular complexity index is 795. The Morgan fingerprint density at radius 2 is 2.04 bits per heavy atom. The molecule has 3 aromatic rings. The molecule has 0 saturated carbocycles. The first-order chi connectivity index (χ1) is 11.1. The summed E-state index contributed by atoms with van der Waals surface area (Å²) < 4.78 is 0. The highest BCUT2D eigenvalue weighted by atomic mass is 35.5. The summed E-state index contributed by atoms with van der Waals surface area (Å²) >= 11 is 9.17. The number of amides is 1. The molecular formula is C17H15ClN2OS2. The van der Waals surface area contributed by atoms with Gasteiger partial charge in [0.15, 0.2) is 0 Å². The quantitative estimate of drug-likeness (QED) is 0.659. The van der Waals surface area contributed by atoms with Crippen LogP contribution < -0.4 is 5.32 Å². The minimum absolute atomic E-state index is 0.00416. The average molecular weight is 363 g/mol. The van der Waals surface area contributed by atoms with Crippen LogP contribution in [-0.2, 0) is 11.2 Å². The maximum absolute atomic E-state index is 12.1. The number of halogens is 1. The first-order valence-electron chi connectivity index (χ1n) is 7.17. The lowest BCUT2D eigenvalue weighted by molar-refractivity contribution is -0.116. The lowest BCUT2D eigenvalue weighted by Gasteiger charge is -2.05. The van der Waals surface area contributed by atoms with Crippen LogP contribution in [0.15, 0.2) is 41.8 Å². The highest BCUT2D eigenvalue weighted by molar-refractivity contribution is 7.15. The number of aryl methyl sites for hydroxylation is 2. The molecule has 0 fully saturated rings. The van der Waals surface area contributed by atoms with Gasteiger partial charge < -0.3 is 5.32 Å². The second-order valence-electron chi connectivity index (χ2n) is 5.04. The average Bonchev–Trinajstić information content (AvgIpc) is 3.16. The van der Waals surface area contributed by atoms with Gasteiger partial charge in [-0.3, -0.25) is 4.79 Å². The van der Waals surface area contributed by atoms with Gasteiger partial charge in [0.25, 0.3) is 0 Å². The molecule has 1 amide bonds. The van der Waals surface area contributed by atoms with Gasteiger partial charge in [0.1, 0.15) is 0 Å². The number of thiophene rings is 1. The Morgan fingerprint density at radius 1 is 1.26 bits per heavy atom. The first-order valence-corrected chi connectivity index (χ1v) is 9.25. The van der Waals surface area contributed by atoms with E-state index in [-0.39, 0.29) is 5.91 Å². The van der Waals surface area contributed by atoms with Crippen LogP contribution in [0.5, 0.6) is 0 Å². The summed E-state index contributed by atoms with van der Waals surface area (Å²) in [5.41, 5.74) is 1.78. The smallest absolute Gasteiger partial charge is 0.224 e. The second kappa shape index (κ2) is 7.25. The Balaban J connectivity index is 1.64. The number of carbonyl (C=O) groups excluding carboxylic acids is 1. The third kappa shape index (κ3) is 4.19. The van der Waals surface area contributed by atoms with Gasteiger partial charge in [0.2, 0.25) is 5.91 Å². The second-order valence-corrected chi connectivity index (χ2v) is 7.71. The Kier molecular flexibility index (Phi) is 5.10. The molecule has 3 nitrogen and oxygen atoms in total. The summed E-state index contributed by atoms with van der Waals surface area (Å²) in [5, 5.41) is 6.62. The third-order valence-corrected chi connectivity index (χ3v) is 5.43. The number of thiazole rings is 1. The molecule has 0 radical (unpaired) electrons. The zero-order valence-electron chi connectivity index (χ0n) is 12.5. The molecule has 0 aliphatic carbocycles. The van der Waals surface area contributed by atoms with Crippen LogP contribution in [0.25, 0.3) is 10.6 Å². The van der Waals surface area contributed by atoms with E-state index in [0.29, 0.717) is 17.9 Å². The van der Waals surface area contributed by atoms with E-state index < -0.39 is 0 Å². The predicted octanol–water partition coefficient (Wildman–Crippen LogP) is 5.40. The predicted molar refractivity (Wildman–Crippen MR) is 98.6 cm³/mol. The van der Waals surface area contributed by atoms with E-state index in [4.69, 9.17) is 11.6 Å². The van der Waals surface area contributed by atoms with E-state index in [0.717, 1.165) is 26.1 Å². The summed E-state index contributed by atoms with van der Waals surface area (Å²) in [4.78, 5) is 19.0. The fourth-order valence-corrected chi connectivity index (χ4v) is 4.11. The molecule has 0 saturated heterocycles. The van der Waals surface area contributed by atoms with Gasteiger partial charge in [0, 0.05) is 22.0 Å². The van der Waals surface area contributed by atoms with Gasteiger partial charge in [0.05, 0.1) is 15.6 Å². The van der Waals surface area contributed by atoms with E-state index in [9.17, 15) is 4.79 Å². The van der Waals surface area contributed by atoms with Crippen molar-refractivity contribution < 1.29 is 4.79 Å². The molecule has 0 aliphatic rings. The molecule has 0 spiro atoms. The van der Waals surface area contributed by atoms with Crippen molar-refractivity contribution in [1.29, 1.82) is 0 Å². The Labute approximate surface area is 148 Å². The maximum atomic E-state index is 12.1. The SMILES string of the molecule is Cc1nc(-c2cccs2)c(CCC(=O)Nc2ccc(Cl)cc2)s1. The minimum Gasteiger partial charge on any atom is -0.326 e. The molecule has 3 rings (SSSR count). The molecule has 0 unspecified atom stereocenters. The van der Waals surface area contributed by atoms with Crippen LogP contribution in [0.4, 0.5) is 5.69 Å². The van der Waals surface area contributed by atoms with Gasteiger partial charge in [-0.1, -0.05) is 17.7 Å². The van der Waals surface area contributed by atoms with E-state index in [1.165, 1.54) is 0 Å². The maximum Gasteiger partial charge on any atom is 0.224 e. The van der Waals surface area contributed by atoms with Crippen LogP contribution in [-0.4, -0.2) is 10.9 Å². The fourth-order valence-electron chi connectivity index (χ4n) is 2.23. The van der Waals surface area contributed by atoms with E-state index >= 15 is 0 Å². The minimum atomic E-state index is -0.00416. The number of nitrogens with one attached hydrogen (secondary N) is 1. The van der Waals surface area contributed by atoms with Gasteiger partial charge in [-0.05, 0) is 49.1 Å². The molecule has 1 aromatic carbocycles. The van der Waals surface area contributed by atoms with Crippen molar-refractivity contribution in [2.24, 2.45) is 0 Å². The highest BCUT2D eigenvalue weighted by Gasteiger charge is 2.13. The van der Waals surface area contributed by atoms with Crippen molar-refractivity contribution in [2.45, 2.75) is 19.8 Å². The molecule has 6 heteroatoms. The summed E-state index contributed by atoms with van der Waals surface area (Å²) in [5.74, 6) is -0.00416. The van der Waals surface area contributed by atoms with Crippen LogP contribution >= 0.6 is 34.3 Å². The van der Waals surface area contributed by atoms with E-state index in [1.807, 2.05) is 18.4 Å². The Hall–Kier alpha value is -1.69. The summed E-state index contributed by atoms with van der Waals surface area (Å²) in [6.07, 6.45) is 1.13. The van der Waals surface area contributed by atoms with Gasteiger partial charge >= 0.3 is 0 Å². The Morgan fingerprint density at radius 3 is 2.74 bits per heavy atom. The fraction of sp³-hybridized carbons (Fsp3) is 0.176. The molecule has 1 N–H and O–H groups in total. The molecule has 2 heterocycles. The zero-order valence-corrected chi connectivity index (χ0v) is 14.9. The third-order valence-electron chi connectivity index (χ3n) is 3.27. The number of carbonyl (C=O) groups is 1. The number of hydrogen-bond acceptors (Lipinski definition) is 4. The summed E-state index contributed by atoms with van der Waals surface area (Å²) in [6, 6.07) is 11.2. The lowest BCUT2D eigenvalue weighted by Crippen LogP contribution is -2.12. The molecule has 0 atom stereocenters. The van der Waals surface area contributed by atoms with Crippen LogP contribution in [0.2, 0.25) is 5.02 Å². The van der Waals surface area contributed by atoms with Crippen LogP contribution in [0.1, 0.15) is 16.3 Å². The van der Waals surface area contributed by atoms with Crippen molar-refractivity contribution >= 4 is 45.9 Å². The highest BCUT2D eigenvalue weighted by Crippen LogP contribution is 2.32. The molecule has 2 aromatic heterocycles. The molecule has 0 aliphatic heterocycles. The molecule has 118 valence electrons. The normalized spacial score (nSPS) is 10.7. The number of benzene rings is 1. The molecular weight excluding hydrogens is 348 g/mol.